The van der Waals surface area contributed by atoms with Crippen molar-refractivity contribution >= 4 is 16.4 Å². The van der Waals surface area contributed by atoms with Gasteiger partial charge in [0, 0.05) is 5.92 Å². The molecule has 2 aromatic carbocycles. The molecule has 130 valence electrons. The summed E-state index contributed by atoms with van der Waals surface area (Å²) in [6.07, 6.45) is -0.896. The van der Waals surface area contributed by atoms with Gasteiger partial charge in [-0.05, 0) is 29.2 Å². The van der Waals surface area contributed by atoms with Crippen molar-refractivity contribution in [2.24, 2.45) is 0 Å². The largest absolute Gasteiger partial charge is 0.448 e. The lowest BCUT2D eigenvalue weighted by molar-refractivity contribution is 0.118. The maximum Gasteiger partial charge on any atom is 0.425 e. The van der Waals surface area contributed by atoms with E-state index in [0.717, 1.165) is 22.3 Å². The van der Waals surface area contributed by atoms with Crippen LogP contribution < -0.4 is 0 Å². The monoisotopic (exact) mass is 359 g/mol. The zero-order valence-electron chi connectivity index (χ0n) is 13.6. The van der Waals surface area contributed by atoms with E-state index in [-0.39, 0.29) is 19.1 Å². The van der Waals surface area contributed by atoms with Crippen LogP contribution in [0.5, 0.6) is 0 Å². The molecule has 1 fully saturated rings. The van der Waals surface area contributed by atoms with Crippen LogP contribution in [0.1, 0.15) is 24.0 Å². The molecule has 2 aliphatic rings. The predicted molar refractivity (Wildman–Crippen MR) is 91.2 cm³/mol. The molecule has 0 N–H and O–H groups in total. The number of ether oxygens (including phenoxy) is 1. The van der Waals surface area contributed by atoms with E-state index >= 15 is 0 Å². The van der Waals surface area contributed by atoms with Crippen LogP contribution in [0.3, 0.4) is 0 Å². The van der Waals surface area contributed by atoms with Crippen molar-refractivity contribution in [2.75, 3.05) is 13.2 Å². The van der Waals surface area contributed by atoms with E-state index in [1.807, 2.05) is 48.5 Å². The summed E-state index contributed by atoms with van der Waals surface area (Å²) >= 11 is 0. The Kier molecular flexibility index (Phi) is 3.77. The number of hydrogen-bond donors (Lipinski definition) is 0. The first-order valence-electron chi connectivity index (χ1n) is 8.03. The van der Waals surface area contributed by atoms with Gasteiger partial charge in [0.2, 0.25) is 0 Å². The highest BCUT2D eigenvalue weighted by molar-refractivity contribution is 7.85. The Labute approximate surface area is 146 Å². The van der Waals surface area contributed by atoms with Crippen molar-refractivity contribution in [3.8, 4) is 11.1 Å². The molecule has 0 bridgehead atoms. The summed E-state index contributed by atoms with van der Waals surface area (Å²) in [5, 5.41) is 0. The Hall–Kier alpha value is -2.38. The third-order valence-electron chi connectivity index (χ3n) is 4.62. The first-order chi connectivity index (χ1) is 12.0. The molecule has 0 saturated carbocycles. The average molecular weight is 359 g/mol. The van der Waals surface area contributed by atoms with Crippen molar-refractivity contribution in [3.63, 3.8) is 0 Å². The van der Waals surface area contributed by atoms with E-state index < -0.39 is 22.4 Å². The number of hydrogen-bond acceptors (Lipinski definition) is 5. The molecule has 7 heteroatoms. The molecule has 0 unspecified atom stereocenters. The van der Waals surface area contributed by atoms with Crippen molar-refractivity contribution in [3.05, 3.63) is 59.7 Å². The Balaban J connectivity index is 1.59. The summed E-state index contributed by atoms with van der Waals surface area (Å²) in [6.45, 7) is 1.63. The standard InChI is InChI=1S/C18H17NO5S/c1-12-10-24-25(21,22)19(12)18(20)23-11-17-15-8-4-2-6-13(15)14-7-3-5-9-16(14)17/h2-9,12,17H,10-11H2,1H3/t12-/m0/s1. The van der Waals surface area contributed by atoms with Gasteiger partial charge in [-0.25, -0.2) is 4.79 Å². The van der Waals surface area contributed by atoms with Gasteiger partial charge in [-0.1, -0.05) is 48.5 Å². The molecule has 1 aliphatic carbocycles. The van der Waals surface area contributed by atoms with E-state index in [9.17, 15) is 13.2 Å². The first-order valence-corrected chi connectivity index (χ1v) is 9.39. The van der Waals surface area contributed by atoms with Crippen LogP contribution in [0, 0.1) is 0 Å². The van der Waals surface area contributed by atoms with Crippen molar-refractivity contribution in [1.29, 1.82) is 0 Å². The normalized spacial score (nSPS) is 21.0. The van der Waals surface area contributed by atoms with Crippen LogP contribution in [0.4, 0.5) is 4.79 Å². The summed E-state index contributed by atoms with van der Waals surface area (Å²) in [4.78, 5) is 12.3. The lowest BCUT2D eigenvalue weighted by Gasteiger charge is -2.19. The first kappa shape index (κ1) is 16.1. The number of benzene rings is 2. The van der Waals surface area contributed by atoms with Crippen molar-refractivity contribution in [2.45, 2.75) is 18.9 Å². The van der Waals surface area contributed by atoms with Crippen molar-refractivity contribution < 1.29 is 22.1 Å². The molecule has 1 amide bonds. The Morgan fingerprint density at radius 3 is 2.20 bits per heavy atom. The summed E-state index contributed by atoms with van der Waals surface area (Å²) in [7, 11) is -4.04. The number of carbonyl (C=O) groups is 1. The Bertz CT molecular complexity index is 894. The molecule has 0 spiro atoms. The van der Waals surface area contributed by atoms with Gasteiger partial charge in [0.05, 0.1) is 12.6 Å². The fourth-order valence-corrected chi connectivity index (χ4v) is 4.68. The van der Waals surface area contributed by atoms with E-state index in [4.69, 9.17) is 4.74 Å². The highest BCUT2D eigenvalue weighted by atomic mass is 32.2. The van der Waals surface area contributed by atoms with E-state index in [0.29, 0.717) is 4.31 Å². The summed E-state index contributed by atoms with van der Waals surface area (Å²) < 4.78 is 34.3. The van der Waals surface area contributed by atoms with Gasteiger partial charge in [-0.3, -0.25) is 4.18 Å². The van der Waals surface area contributed by atoms with Crippen LogP contribution >= 0.6 is 0 Å². The van der Waals surface area contributed by atoms with E-state index in [2.05, 4.69) is 4.18 Å². The average Bonchev–Trinajstić information content (AvgIpc) is 3.07. The fourth-order valence-electron chi connectivity index (χ4n) is 3.46. The Morgan fingerprint density at radius 2 is 1.68 bits per heavy atom. The second-order valence-electron chi connectivity index (χ2n) is 6.19. The molecule has 2 aromatic rings. The SMILES string of the molecule is C[C@H]1COS(=O)(=O)N1C(=O)OCC1c2ccccc2-c2ccccc21. The summed E-state index contributed by atoms with van der Waals surface area (Å²) in [5.74, 6) is -0.113. The fraction of sp³-hybridized carbons (Fsp3) is 0.278. The number of nitrogens with zero attached hydrogens (tertiary/aromatic N) is 1. The van der Waals surface area contributed by atoms with Crippen LogP contribution in [-0.2, 0) is 19.2 Å². The maximum atomic E-state index is 12.3. The minimum atomic E-state index is -4.04. The number of amides is 1. The smallest absolute Gasteiger partial charge is 0.425 e. The number of carbonyl (C=O) groups excluding carboxylic acids is 1. The van der Waals surface area contributed by atoms with Gasteiger partial charge in [0.1, 0.15) is 6.61 Å². The van der Waals surface area contributed by atoms with Gasteiger partial charge in [0.25, 0.3) is 0 Å². The van der Waals surface area contributed by atoms with Crippen LogP contribution in [0.2, 0.25) is 0 Å². The second kappa shape index (κ2) is 5.86. The molecule has 0 radical (unpaired) electrons. The molecule has 4 rings (SSSR count). The van der Waals surface area contributed by atoms with Crippen molar-refractivity contribution in [1.82, 2.24) is 4.31 Å². The van der Waals surface area contributed by atoms with Gasteiger partial charge < -0.3 is 4.74 Å². The molecule has 1 atom stereocenters. The zero-order chi connectivity index (χ0) is 17.6. The predicted octanol–water partition coefficient (Wildman–Crippen LogP) is 2.90. The molecule has 0 aromatic heterocycles. The quantitative estimate of drug-likeness (QED) is 0.824. The molecule has 6 nitrogen and oxygen atoms in total. The summed E-state index contributed by atoms with van der Waals surface area (Å²) in [6, 6.07) is 15.4. The number of rotatable bonds is 2. The van der Waals surface area contributed by atoms with Gasteiger partial charge >= 0.3 is 16.4 Å². The van der Waals surface area contributed by atoms with Gasteiger partial charge in [-0.15, -0.1) is 0 Å². The minimum absolute atomic E-state index is 0.0491. The molecular formula is C18H17NO5S. The van der Waals surface area contributed by atoms with Gasteiger partial charge in [0.15, 0.2) is 0 Å². The van der Waals surface area contributed by atoms with E-state index in [1.165, 1.54) is 0 Å². The highest BCUT2D eigenvalue weighted by Crippen LogP contribution is 2.44. The molecule has 1 aliphatic heterocycles. The zero-order valence-corrected chi connectivity index (χ0v) is 14.4. The van der Waals surface area contributed by atoms with Gasteiger partial charge in [-0.2, -0.15) is 12.7 Å². The highest BCUT2D eigenvalue weighted by Gasteiger charge is 2.41. The molecule has 1 saturated heterocycles. The molecule has 1 heterocycles. The lowest BCUT2D eigenvalue weighted by Crippen LogP contribution is -2.38. The molecular weight excluding hydrogens is 342 g/mol. The topological polar surface area (TPSA) is 72.9 Å². The second-order valence-corrected chi connectivity index (χ2v) is 7.68. The third-order valence-corrected chi connectivity index (χ3v) is 6.04. The maximum absolute atomic E-state index is 12.3. The number of fused-ring (bicyclic) bond motifs is 3. The third kappa shape index (κ3) is 2.60. The van der Waals surface area contributed by atoms with E-state index in [1.54, 1.807) is 6.92 Å². The molecule has 25 heavy (non-hydrogen) atoms. The van der Waals surface area contributed by atoms with Crippen LogP contribution in [0.15, 0.2) is 48.5 Å². The summed E-state index contributed by atoms with van der Waals surface area (Å²) in [5.41, 5.74) is 4.38. The van der Waals surface area contributed by atoms with Crippen LogP contribution in [0.25, 0.3) is 11.1 Å². The van der Waals surface area contributed by atoms with Crippen LogP contribution in [-0.4, -0.2) is 38.1 Å². The lowest BCUT2D eigenvalue weighted by atomic mass is 9.98. The Morgan fingerprint density at radius 1 is 1.12 bits per heavy atom. The minimum Gasteiger partial charge on any atom is -0.448 e.